The minimum atomic E-state index is -0.239. The second kappa shape index (κ2) is 8.53. The summed E-state index contributed by atoms with van der Waals surface area (Å²) in [7, 11) is 1.77. The Kier molecular flexibility index (Phi) is 5.65. The van der Waals surface area contributed by atoms with Crippen molar-refractivity contribution >= 4 is 27.7 Å². The SMILES string of the molecule is CCCCN(C)C(=O)Cn1ncc2c3ccccc3n(Cc3ccccc3)c2c1=O. The molecule has 0 aliphatic carbocycles. The summed E-state index contributed by atoms with van der Waals surface area (Å²) in [6.07, 6.45) is 3.66. The maximum Gasteiger partial charge on any atom is 0.291 e. The Hall–Kier alpha value is -3.41. The van der Waals surface area contributed by atoms with Gasteiger partial charge < -0.3 is 9.47 Å². The number of fused-ring (bicyclic) bond motifs is 3. The molecule has 0 saturated heterocycles. The third kappa shape index (κ3) is 3.73. The summed E-state index contributed by atoms with van der Waals surface area (Å²) in [5.74, 6) is -0.108. The molecule has 0 unspecified atom stereocenters. The van der Waals surface area contributed by atoms with E-state index in [-0.39, 0.29) is 18.0 Å². The van der Waals surface area contributed by atoms with E-state index in [0.29, 0.717) is 18.6 Å². The Morgan fingerprint density at radius 3 is 2.53 bits per heavy atom. The zero-order valence-corrected chi connectivity index (χ0v) is 17.4. The van der Waals surface area contributed by atoms with Crippen LogP contribution >= 0.6 is 0 Å². The molecule has 0 aliphatic heterocycles. The highest BCUT2D eigenvalue weighted by Crippen LogP contribution is 2.27. The van der Waals surface area contributed by atoms with Gasteiger partial charge in [-0.1, -0.05) is 61.9 Å². The van der Waals surface area contributed by atoms with E-state index in [1.165, 1.54) is 4.68 Å². The topological polar surface area (TPSA) is 60.1 Å². The van der Waals surface area contributed by atoms with Gasteiger partial charge in [-0.3, -0.25) is 9.59 Å². The van der Waals surface area contributed by atoms with Gasteiger partial charge in [0.25, 0.3) is 5.56 Å². The number of carbonyl (C=O) groups excluding carboxylic acids is 1. The minimum Gasteiger partial charge on any atom is -0.344 e. The Bertz CT molecular complexity index is 1240. The highest BCUT2D eigenvalue weighted by molar-refractivity contribution is 6.07. The van der Waals surface area contributed by atoms with E-state index in [4.69, 9.17) is 0 Å². The molecule has 0 saturated carbocycles. The second-order valence-corrected chi connectivity index (χ2v) is 7.63. The lowest BCUT2D eigenvalue weighted by atomic mass is 10.2. The van der Waals surface area contributed by atoms with Crippen LogP contribution in [0.15, 0.2) is 65.6 Å². The predicted molar refractivity (Wildman–Crippen MR) is 120 cm³/mol. The number of hydrogen-bond acceptors (Lipinski definition) is 3. The number of benzene rings is 2. The maximum atomic E-state index is 13.4. The molecule has 2 aromatic carbocycles. The summed E-state index contributed by atoms with van der Waals surface area (Å²) in [6, 6.07) is 18.0. The van der Waals surface area contributed by atoms with Gasteiger partial charge in [0, 0.05) is 36.4 Å². The fourth-order valence-corrected chi connectivity index (χ4v) is 3.81. The number of carbonyl (C=O) groups is 1. The summed E-state index contributed by atoms with van der Waals surface area (Å²) < 4.78 is 3.32. The summed E-state index contributed by atoms with van der Waals surface area (Å²) in [5.41, 5.74) is 2.44. The molecule has 6 heteroatoms. The first-order chi connectivity index (χ1) is 14.6. The third-order valence-electron chi connectivity index (χ3n) is 5.51. The van der Waals surface area contributed by atoms with Gasteiger partial charge >= 0.3 is 0 Å². The molecule has 0 bridgehead atoms. The Balaban J connectivity index is 1.80. The number of unbranched alkanes of at least 4 members (excludes halogenated alkanes) is 1. The van der Waals surface area contributed by atoms with Crippen molar-refractivity contribution < 1.29 is 4.79 Å². The van der Waals surface area contributed by atoms with E-state index in [1.807, 2.05) is 59.2 Å². The molecule has 0 atom stereocenters. The first kappa shape index (κ1) is 19.9. The van der Waals surface area contributed by atoms with Gasteiger partial charge in [-0.15, -0.1) is 0 Å². The van der Waals surface area contributed by atoms with Crippen molar-refractivity contribution in [1.29, 1.82) is 0 Å². The molecule has 0 radical (unpaired) electrons. The van der Waals surface area contributed by atoms with Gasteiger partial charge in [-0.05, 0) is 18.1 Å². The van der Waals surface area contributed by atoms with E-state index in [9.17, 15) is 9.59 Å². The fourth-order valence-electron chi connectivity index (χ4n) is 3.81. The molecule has 30 heavy (non-hydrogen) atoms. The molecule has 6 nitrogen and oxygen atoms in total. The fraction of sp³-hybridized carbons (Fsp3) is 0.292. The monoisotopic (exact) mass is 402 g/mol. The Morgan fingerprint density at radius 2 is 1.77 bits per heavy atom. The minimum absolute atomic E-state index is 0.0537. The number of hydrogen-bond donors (Lipinski definition) is 0. The molecule has 2 heterocycles. The Labute approximate surface area is 175 Å². The normalized spacial score (nSPS) is 11.3. The van der Waals surface area contributed by atoms with Crippen molar-refractivity contribution in [2.24, 2.45) is 0 Å². The van der Waals surface area contributed by atoms with Crippen LogP contribution in [-0.2, 0) is 17.9 Å². The van der Waals surface area contributed by atoms with Crippen LogP contribution in [0.4, 0.5) is 0 Å². The molecule has 0 aliphatic rings. The van der Waals surface area contributed by atoms with Crippen LogP contribution in [0.3, 0.4) is 0 Å². The van der Waals surface area contributed by atoms with E-state index in [0.717, 1.165) is 34.7 Å². The van der Waals surface area contributed by atoms with Crippen LogP contribution in [0, 0.1) is 0 Å². The molecule has 154 valence electrons. The summed E-state index contributed by atoms with van der Waals surface area (Å²) in [6.45, 7) is 3.29. The molecular weight excluding hydrogens is 376 g/mol. The number of aromatic nitrogens is 3. The zero-order chi connectivity index (χ0) is 21.1. The third-order valence-corrected chi connectivity index (χ3v) is 5.51. The summed E-state index contributed by atoms with van der Waals surface area (Å²) >= 11 is 0. The lowest BCUT2D eigenvalue weighted by Gasteiger charge is -2.17. The van der Waals surface area contributed by atoms with E-state index >= 15 is 0 Å². The molecule has 2 aromatic heterocycles. The molecule has 0 spiro atoms. The van der Waals surface area contributed by atoms with Gasteiger partial charge in [-0.2, -0.15) is 5.10 Å². The van der Waals surface area contributed by atoms with Crippen molar-refractivity contribution in [1.82, 2.24) is 19.2 Å². The smallest absolute Gasteiger partial charge is 0.291 e. The van der Waals surface area contributed by atoms with Crippen LogP contribution in [0.25, 0.3) is 21.8 Å². The van der Waals surface area contributed by atoms with Gasteiger partial charge in [-0.25, -0.2) is 4.68 Å². The van der Waals surface area contributed by atoms with Gasteiger partial charge in [0.15, 0.2) is 0 Å². The van der Waals surface area contributed by atoms with Crippen molar-refractivity contribution in [3.8, 4) is 0 Å². The predicted octanol–water partition coefficient (Wildman–Crippen LogP) is 3.66. The lowest BCUT2D eigenvalue weighted by molar-refractivity contribution is -0.130. The van der Waals surface area contributed by atoms with E-state index in [2.05, 4.69) is 12.0 Å². The van der Waals surface area contributed by atoms with Crippen LogP contribution < -0.4 is 5.56 Å². The quantitative estimate of drug-likeness (QED) is 0.474. The number of rotatable bonds is 7. The average Bonchev–Trinajstić information content (AvgIpc) is 3.09. The first-order valence-corrected chi connectivity index (χ1v) is 10.3. The van der Waals surface area contributed by atoms with Gasteiger partial charge in [0.2, 0.25) is 5.91 Å². The van der Waals surface area contributed by atoms with Crippen LogP contribution in [0.1, 0.15) is 25.3 Å². The number of para-hydroxylation sites is 1. The average molecular weight is 402 g/mol. The van der Waals surface area contributed by atoms with Crippen LogP contribution in [0.5, 0.6) is 0 Å². The molecule has 4 rings (SSSR count). The maximum absolute atomic E-state index is 13.4. The van der Waals surface area contributed by atoms with E-state index in [1.54, 1.807) is 18.1 Å². The molecule has 1 amide bonds. The summed E-state index contributed by atoms with van der Waals surface area (Å²) in [5, 5.41) is 6.13. The standard InChI is InChI=1S/C24H26N4O2/c1-3-4-14-26(2)22(29)17-28-24(30)23-20(15-25-28)19-12-8-9-13-21(19)27(23)16-18-10-6-5-7-11-18/h5-13,15H,3-4,14,16-17H2,1-2H3. The number of amides is 1. The largest absolute Gasteiger partial charge is 0.344 e. The molecule has 4 aromatic rings. The molecular formula is C24H26N4O2. The van der Waals surface area contributed by atoms with Crippen molar-refractivity contribution in [3.05, 3.63) is 76.7 Å². The number of likely N-dealkylation sites (N-methyl/N-ethyl adjacent to an activating group) is 1. The lowest BCUT2D eigenvalue weighted by Crippen LogP contribution is -2.35. The zero-order valence-electron chi connectivity index (χ0n) is 17.4. The van der Waals surface area contributed by atoms with Crippen molar-refractivity contribution in [2.45, 2.75) is 32.9 Å². The Morgan fingerprint density at radius 1 is 1.03 bits per heavy atom. The highest BCUT2D eigenvalue weighted by atomic mass is 16.2. The van der Waals surface area contributed by atoms with Crippen molar-refractivity contribution in [3.63, 3.8) is 0 Å². The van der Waals surface area contributed by atoms with Gasteiger partial charge in [0.05, 0.1) is 6.20 Å². The molecule has 0 N–H and O–H groups in total. The van der Waals surface area contributed by atoms with Crippen molar-refractivity contribution in [2.75, 3.05) is 13.6 Å². The first-order valence-electron chi connectivity index (χ1n) is 10.3. The van der Waals surface area contributed by atoms with Crippen LogP contribution in [0.2, 0.25) is 0 Å². The van der Waals surface area contributed by atoms with Crippen LogP contribution in [-0.4, -0.2) is 38.7 Å². The molecule has 0 fully saturated rings. The van der Waals surface area contributed by atoms with Gasteiger partial charge in [0.1, 0.15) is 12.1 Å². The second-order valence-electron chi connectivity index (χ2n) is 7.63. The van der Waals surface area contributed by atoms with E-state index < -0.39 is 0 Å². The highest BCUT2D eigenvalue weighted by Gasteiger charge is 2.18. The number of nitrogens with zero attached hydrogens (tertiary/aromatic N) is 4. The summed E-state index contributed by atoms with van der Waals surface area (Å²) in [4.78, 5) is 27.6.